The van der Waals surface area contributed by atoms with Gasteiger partial charge in [0, 0.05) is 29.2 Å². The van der Waals surface area contributed by atoms with Crippen molar-refractivity contribution in [2.75, 3.05) is 19.6 Å². The zero-order valence-corrected chi connectivity index (χ0v) is 11.8. The van der Waals surface area contributed by atoms with Crippen LogP contribution < -0.4 is 5.32 Å². The van der Waals surface area contributed by atoms with E-state index in [1.165, 1.54) is 25.9 Å². The molecule has 2 heterocycles. The lowest BCUT2D eigenvalue weighted by atomic mass is 9.93. The molecular weight excluding hydrogens is 267 g/mol. The number of benzene rings is 1. The lowest BCUT2D eigenvalue weighted by Gasteiger charge is -2.35. The zero-order valence-electron chi connectivity index (χ0n) is 10.3. The van der Waals surface area contributed by atoms with Crippen LogP contribution in [0.15, 0.2) is 18.2 Å². The zero-order chi connectivity index (χ0) is 12.5. The monoisotopic (exact) mass is 284 g/mol. The van der Waals surface area contributed by atoms with Crippen molar-refractivity contribution in [1.29, 1.82) is 0 Å². The Hall–Kier alpha value is -0.280. The summed E-state index contributed by atoms with van der Waals surface area (Å²) in [6, 6.07) is 6.48. The van der Waals surface area contributed by atoms with E-state index in [4.69, 9.17) is 23.2 Å². The molecule has 0 bridgehead atoms. The molecule has 98 valence electrons. The third-order valence-electron chi connectivity index (χ3n) is 4.14. The Morgan fingerprint density at radius 1 is 1.28 bits per heavy atom. The minimum atomic E-state index is 0.746. The SMILES string of the molecule is Clc1ccc(Cl)c(CN2CCC3NCCC3C2)c1. The van der Waals surface area contributed by atoms with E-state index in [1.54, 1.807) is 0 Å². The summed E-state index contributed by atoms with van der Waals surface area (Å²) in [5, 5.41) is 5.18. The Balaban J connectivity index is 1.67. The molecular formula is C14H18Cl2N2. The Morgan fingerprint density at radius 2 is 2.17 bits per heavy atom. The molecule has 0 spiro atoms. The molecule has 0 amide bonds. The summed E-state index contributed by atoms with van der Waals surface area (Å²) in [5.41, 5.74) is 1.15. The van der Waals surface area contributed by atoms with Gasteiger partial charge in [0.15, 0.2) is 0 Å². The molecule has 4 heteroatoms. The van der Waals surface area contributed by atoms with Crippen molar-refractivity contribution in [3.8, 4) is 0 Å². The third kappa shape index (κ3) is 2.67. The predicted octanol–water partition coefficient (Wildman–Crippen LogP) is 3.18. The van der Waals surface area contributed by atoms with Gasteiger partial charge in [-0.05, 0) is 55.6 Å². The number of rotatable bonds is 2. The summed E-state index contributed by atoms with van der Waals surface area (Å²) < 4.78 is 0. The Kier molecular flexibility index (Phi) is 3.81. The molecule has 3 rings (SSSR count). The predicted molar refractivity (Wildman–Crippen MR) is 76.3 cm³/mol. The van der Waals surface area contributed by atoms with E-state index >= 15 is 0 Å². The van der Waals surface area contributed by atoms with Crippen molar-refractivity contribution in [3.63, 3.8) is 0 Å². The van der Waals surface area contributed by atoms with Crippen LogP contribution >= 0.6 is 23.2 Å². The molecule has 1 aromatic carbocycles. The highest BCUT2D eigenvalue weighted by Gasteiger charge is 2.32. The van der Waals surface area contributed by atoms with Crippen molar-refractivity contribution in [2.24, 2.45) is 5.92 Å². The normalized spacial score (nSPS) is 28.3. The van der Waals surface area contributed by atoms with Gasteiger partial charge in [-0.25, -0.2) is 0 Å². The lowest BCUT2D eigenvalue weighted by molar-refractivity contribution is 0.156. The standard InChI is InChI=1S/C14H18Cl2N2/c15-12-1-2-13(16)11(7-12)9-18-6-4-14-10(8-18)3-5-17-14/h1-2,7,10,14,17H,3-6,8-9H2. The smallest absolute Gasteiger partial charge is 0.0452 e. The first-order valence-corrected chi connectivity index (χ1v) is 7.37. The molecule has 2 aliphatic heterocycles. The minimum Gasteiger partial charge on any atom is -0.314 e. The number of piperidine rings is 1. The molecule has 0 aromatic heterocycles. The maximum absolute atomic E-state index is 6.23. The first kappa shape index (κ1) is 12.7. The van der Waals surface area contributed by atoms with Crippen molar-refractivity contribution in [1.82, 2.24) is 10.2 Å². The first-order valence-electron chi connectivity index (χ1n) is 6.62. The fourth-order valence-electron chi connectivity index (χ4n) is 3.17. The molecule has 2 nitrogen and oxygen atoms in total. The second kappa shape index (κ2) is 5.38. The highest BCUT2D eigenvalue weighted by atomic mass is 35.5. The largest absolute Gasteiger partial charge is 0.314 e. The summed E-state index contributed by atoms with van der Waals surface area (Å²) in [5.74, 6) is 0.816. The van der Waals surface area contributed by atoms with Crippen molar-refractivity contribution in [2.45, 2.75) is 25.4 Å². The average Bonchev–Trinajstić information content (AvgIpc) is 2.81. The maximum Gasteiger partial charge on any atom is 0.0452 e. The van der Waals surface area contributed by atoms with Gasteiger partial charge in [-0.1, -0.05) is 23.2 Å². The van der Waals surface area contributed by atoms with Gasteiger partial charge in [0.05, 0.1) is 0 Å². The summed E-state index contributed by atoms with van der Waals surface area (Å²) in [4.78, 5) is 2.51. The minimum absolute atomic E-state index is 0.746. The van der Waals surface area contributed by atoms with Gasteiger partial charge in [0.2, 0.25) is 0 Å². The van der Waals surface area contributed by atoms with Crippen LogP contribution in [0.1, 0.15) is 18.4 Å². The van der Waals surface area contributed by atoms with E-state index < -0.39 is 0 Å². The molecule has 2 atom stereocenters. The molecule has 2 aliphatic rings. The van der Waals surface area contributed by atoms with E-state index in [2.05, 4.69) is 10.2 Å². The number of likely N-dealkylation sites (tertiary alicyclic amines) is 1. The van der Waals surface area contributed by atoms with E-state index in [0.717, 1.165) is 40.7 Å². The van der Waals surface area contributed by atoms with Gasteiger partial charge in [-0.3, -0.25) is 4.90 Å². The Bertz CT molecular complexity index is 436. The van der Waals surface area contributed by atoms with E-state index in [9.17, 15) is 0 Å². The summed E-state index contributed by atoms with van der Waals surface area (Å²) in [6.45, 7) is 4.43. The lowest BCUT2D eigenvalue weighted by Crippen LogP contribution is -2.43. The van der Waals surface area contributed by atoms with Crippen LogP contribution in [-0.2, 0) is 6.54 Å². The summed E-state index contributed by atoms with van der Waals surface area (Å²) in [6.07, 6.45) is 2.56. The van der Waals surface area contributed by atoms with Gasteiger partial charge < -0.3 is 5.32 Å². The second-order valence-corrected chi connectivity index (χ2v) is 6.21. The number of nitrogens with one attached hydrogen (secondary N) is 1. The molecule has 0 saturated carbocycles. The highest BCUT2D eigenvalue weighted by molar-refractivity contribution is 6.33. The molecule has 2 fully saturated rings. The van der Waals surface area contributed by atoms with Crippen LogP contribution in [0.3, 0.4) is 0 Å². The number of hydrogen-bond donors (Lipinski definition) is 1. The van der Waals surface area contributed by atoms with Crippen LogP contribution in [0, 0.1) is 5.92 Å². The van der Waals surface area contributed by atoms with Gasteiger partial charge in [0.1, 0.15) is 0 Å². The van der Waals surface area contributed by atoms with Crippen LogP contribution in [0.5, 0.6) is 0 Å². The quantitative estimate of drug-likeness (QED) is 0.898. The second-order valence-electron chi connectivity index (χ2n) is 5.37. The van der Waals surface area contributed by atoms with E-state index in [1.807, 2.05) is 18.2 Å². The average molecular weight is 285 g/mol. The summed E-state index contributed by atoms with van der Waals surface area (Å²) >= 11 is 12.3. The number of hydrogen-bond acceptors (Lipinski definition) is 2. The highest BCUT2D eigenvalue weighted by Crippen LogP contribution is 2.28. The van der Waals surface area contributed by atoms with Crippen molar-refractivity contribution >= 4 is 23.2 Å². The van der Waals surface area contributed by atoms with Crippen LogP contribution in [0.2, 0.25) is 10.0 Å². The number of fused-ring (bicyclic) bond motifs is 1. The van der Waals surface area contributed by atoms with Crippen LogP contribution in [0.4, 0.5) is 0 Å². The molecule has 2 saturated heterocycles. The Morgan fingerprint density at radius 3 is 3.06 bits per heavy atom. The molecule has 0 radical (unpaired) electrons. The molecule has 1 N–H and O–H groups in total. The van der Waals surface area contributed by atoms with Gasteiger partial charge in [-0.15, -0.1) is 0 Å². The van der Waals surface area contributed by atoms with Gasteiger partial charge in [-0.2, -0.15) is 0 Å². The van der Waals surface area contributed by atoms with E-state index in [-0.39, 0.29) is 0 Å². The van der Waals surface area contributed by atoms with Gasteiger partial charge in [0.25, 0.3) is 0 Å². The molecule has 2 unspecified atom stereocenters. The fraction of sp³-hybridized carbons (Fsp3) is 0.571. The number of nitrogens with zero attached hydrogens (tertiary/aromatic N) is 1. The fourth-order valence-corrected chi connectivity index (χ4v) is 3.54. The maximum atomic E-state index is 6.23. The Labute approximate surface area is 118 Å². The molecule has 1 aromatic rings. The van der Waals surface area contributed by atoms with Crippen molar-refractivity contribution in [3.05, 3.63) is 33.8 Å². The van der Waals surface area contributed by atoms with Gasteiger partial charge >= 0.3 is 0 Å². The molecule has 0 aliphatic carbocycles. The van der Waals surface area contributed by atoms with Crippen molar-refractivity contribution < 1.29 is 0 Å². The topological polar surface area (TPSA) is 15.3 Å². The third-order valence-corrected chi connectivity index (χ3v) is 4.75. The summed E-state index contributed by atoms with van der Waals surface area (Å²) in [7, 11) is 0. The van der Waals surface area contributed by atoms with Crippen LogP contribution in [0.25, 0.3) is 0 Å². The van der Waals surface area contributed by atoms with Crippen LogP contribution in [-0.4, -0.2) is 30.6 Å². The van der Waals surface area contributed by atoms with E-state index in [0.29, 0.717) is 0 Å². The molecule has 18 heavy (non-hydrogen) atoms. The first-order chi connectivity index (χ1) is 8.72. The number of halogens is 2.